The Kier molecular flexibility index (Phi) is 6.17. The number of nitrogens with zero attached hydrogens (tertiary/aromatic N) is 2. The van der Waals surface area contributed by atoms with Crippen LogP contribution < -0.4 is 4.90 Å². The zero-order valence-electron chi connectivity index (χ0n) is 18.1. The summed E-state index contributed by atoms with van der Waals surface area (Å²) in [7, 11) is -3.55. The molecule has 7 heteroatoms. The number of aromatic nitrogens is 1. The van der Waals surface area contributed by atoms with E-state index < -0.39 is 20.9 Å². The lowest BCUT2D eigenvalue weighted by Gasteiger charge is -2.31. The maximum atomic E-state index is 13.7. The highest BCUT2D eigenvalue weighted by atomic mass is 32.2. The van der Waals surface area contributed by atoms with E-state index >= 15 is 0 Å². The quantitative estimate of drug-likeness (QED) is 0.525. The van der Waals surface area contributed by atoms with Crippen molar-refractivity contribution in [1.29, 1.82) is 0 Å². The molecule has 31 heavy (non-hydrogen) atoms. The number of rotatable bonds is 5. The number of hydrogen-bond donors (Lipinski definition) is 0. The van der Waals surface area contributed by atoms with Crippen LogP contribution in [0.1, 0.15) is 40.8 Å². The number of aryl methyl sites for hydroxylation is 3. The van der Waals surface area contributed by atoms with Crippen molar-refractivity contribution in [1.82, 2.24) is 4.98 Å². The normalized spacial score (nSPS) is 15.4. The van der Waals surface area contributed by atoms with Gasteiger partial charge in [-0.1, -0.05) is 29.8 Å². The van der Waals surface area contributed by atoms with Crippen molar-refractivity contribution in [2.75, 3.05) is 18.0 Å². The first-order valence-corrected chi connectivity index (χ1v) is 12.9. The fraction of sp³-hybridized carbons (Fsp3) is 0.375. The van der Waals surface area contributed by atoms with E-state index in [1.165, 1.54) is 28.8 Å². The maximum Gasteiger partial charge on any atom is 0.185 e. The first-order valence-electron chi connectivity index (χ1n) is 10.5. The highest BCUT2D eigenvalue weighted by Gasteiger charge is 2.33. The average molecular weight is 459 g/mol. The third-order valence-electron chi connectivity index (χ3n) is 6.02. The number of sulfone groups is 1. The summed E-state index contributed by atoms with van der Waals surface area (Å²) in [5.41, 5.74) is 5.43. The molecule has 1 aliphatic rings. The molecule has 0 bridgehead atoms. The van der Waals surface area contributed by atoms with Crippen molar-refractivity contribution in [2.24, 2.45) is 0 Å². The van der Waals surface area contributed by atoms with E-state index in [-0.39, 0.29) is 4.90 Å². The van der Waals surface area contributed by atoms with Gasteiger partial charge in [-0.05, 0) is 62.4 Å². The molecule has 1 aromatic heterocycles. The zero-order valence-corrected chi connectivity index (χ0v) is 19.7. The molecule has 0 atom stereocenters. The molecule has 1 aliphatic heterocycles. The van der Waals surface area contributed by atoms with Gasteiger partial charge in [0.25, 0.3) is 0 Å². The van der Waals surface area contributed by atoms with Crippen molar-refractivity contribution in [3.63, 3.8) is 0 Å². The third kappa shape index (κ3) is 4.67. The summed E-state index contributed by atoms with van der Waals surface area (Å²) in [6, 6.07) is 10.5. The minimum absolute atomic E-state index is 0.121. The second-order valence-electron chi connectivity index (χ2n) is 8.37. The smallest absolute Gasteiger partial charge is 0.185 e. The van der Waals surface area contributed by atoms with Crippen molar-refractivity contribution >= 4 is 26.3 Å². The fourth-order valence-corrected chi connectivity index (χ4v) is 6.99. The van der Waals surface area contributed by atoms with Gasteiger partial charge in [0.05, 0.1) is 15.8 Å². The van der Waals surface area contributed by atoms with E-state index in [4.69, 9.17) is 4.98 Å². The van der Waals surface area contributed by atoms with Gasteiger partial charge in [0.2, 0.25) is 0 Å². The lowest BCUT2D eigenvalue weighted by Crippen LogP contribution is -2.39. The van der Waals surface area contributed by atoms with Crippen LogP contribution in [0.3, 0.4) is 0 Å². The minimum Gasteiger partial charge on any atom is -0.348 e. The Hall–Kier alpha value is -2.25. The zero-order chi connectivity index (χ0) is 22.2. The second-order valence-corrected chi connectivity index (χ2v) is 11.4. The largest absolute Gasteiger partial charge is 0.348 e. The SMILES string of the molecule is Cc1ccc(C)c(Cc2csc(N3CCC(S(=O)(=O)c4cc(F)ccc4C)CC3)n2)c1. The number of piperidine rings is 1. The molecule has 0 N–H and O–H groups in total. The van der Waals surface area contributed by atoms with Crippen molar-refractivity contribution < 1.29 is 12.8 Å². The monoisotopic (exact) mass is 458 g/mol. The molecule has 0 saturated carbocycles. The lowest BCUT2D eigenvalue weighted by atomic mass is 10.0. The lowest BCUT2D eigenvalue weighted by molar-refractivity contribution is 0.527. The van der Waals surface area contributed by atoms with E-state index in [0.717, 1.165) is 23.3 Å². The van der Waals surface area contributed by atoms with Crippen LogP contribution in [-0.2, 0) is 16.3 Å². The first kappa shape index (κ1) is 22.0. The van der Waals surface area contributed by atoms with E-state index in [1.54, 1.807) is 18.3 Å². The van der Waals surface area contributed by atoms with Gasteiger partial charge in [-0.15, -0.1) is 11.3 Å². The Labute approximate surface area is 187 Å². The van der Waals surface area contributed by atoms with Gasteiger partial charge in [-0.3, -0.25) is 0 Å². The fourth-order valence-electron chi connectivity index (χ4n) is 4.13. The van der Waals surface area contributed by atoms with Crippen LogP contribution in [0.4, 0.5) is 9.52 Å². The number of hydrogen-bond acceptors (Lipinski definition) is 5. The molecule has 4 rings (SSSR count). The predicted octanol–water partition coefficient (Wildman–Crippen LogP) is 5.24. The summed E-state index contributed by atoms with van der Waals surface area (Å²) in [6.45, 7) is 7.20. The summed E-state index contributed by atoms with van der Waals surface area (Å²) in [4.78, 5) is 7.11. The minimum atomic E-state index is -3.55. The molecule has 0 radical (unpaired) electrons. The molecular formula is C24H27FN2O2S2. The molecule has 1 saturated heterocycles. The van der Waals surface area contributed by atoms with E-state index in [0.29, 0.717) is 31.5 Å². The van der Waals surface area contributed by atoms with Crippen LogP contribution >= 0.6 is 11.3 Å². The number of thiazole rings is 1. The van der Waals surface area contributed by atoms with Crippen LogP contribution in [0.25, 0.3) is 0 Å². The third-order valence-corrected chi connectivity index (χ3v) is 9.38. The first-order chi connectivity index (χ1) is 14.7. The van der Waals surface area contributed by atoms with Crippen molar-refractivity contribution in [2.45, 2.75) is 50.2 Å². The van der Waals surface area contributed by atoms with Gasteiger partial charge in [-0.2, -0.15) is 0 Å². The molecule has 0 amide bonds. The van der Waals surface area contributed by atoms with Crippen molar-refractivity contribution in [3.05, 3.63) is 75.5 Å². The van der Waals surface area contributed by atoms with Gasteiger partial charge in [0.1, 0.15) is 5.82 Å². The molecule has 2 aromatic carbocycles. The molecule has 3 aromatic rings. The average Bonchev–Trinajstić information content (AvgIpc) is 3.21. The Balaban J connectivity index is 1.43. The summed E-state index contributed by atoms with van der Waals surface area (Å²) >= 11 is 1.61. The van der Waals surface area contributed by atoms with Gasteiger partial charge < -0.3 is 4.90 Å². The highest BCUT2D eigenvalue weighted by Crippen LogP contribution is 2.31. The van der Waals surface area contributed by atoms with Crippen LogP contribution in [-0.4, -0.2) is 31.7 Å². The van der Waals surface area contributed by atoms with E-state index in [1.807, 2.05) is 0 Å². The molecule has 4 nitrogen and oxygen atoms in total. The maximum absolute atomic E-state index is 13.7. The Morgan fingerprint density at radius 1 is 1.06 bits per heavy atom. The highest BCUT2D eigenvalue weighted by molar-refractivity contribution is 7.92. The van der Waals surface area contributed by atoms with Gasteiger partial charge in [-0.25, -0.2) is 17.8 Å². The van der Waals surface area contributed by atoms with Gasteiger partial charge >= 0.3 is 0 Å². The van der Waals surface area contributed by atoms with Gasteiger partial charge in [0, 0.05) is 24.9 Å². The number of halogens is 1. The van der Waals surface area contributed by atoms with E-state index in [2.05, 4.69) is 42.3 Å². The second kappa shape index (κ2) is 8.71. The predicted molar refractivity (Wildman–Crippen MR) is 124 cm³/mol. The molecule has 0 aliphatic carbocycles. The summed E-state index contributed by atoms with van der Waals surface area (Å²) in [6.07, 6.45) is 1.84. The van der Waals surface area contributed by atoms with Crippen LogP contribution in [0.15, 0.2) is 46.7 Å². The summed E-state index contributed by atoms with van der Waals surface area (Å²) in [5.74, 6) is -0.513. The molecule has 0 unspecified atom stereocenters. The van der Waals surface area contributed by atoms with Crippen molar-refractivity contribution in [3.8, 4) is 0 Å². The Morgan fingerprint density at radius 2 is 1.77 bits per heavy atom. The topological polar surface area (TPSA) is 50.3 Å². The molecule has 164 valence electrons. The molecule has 2 heterocycles. The Morgan fingerprint density at radius 3 is 2.52 bits per heavy atom. The van der Waals surface area contributed by atoms with Crippen LogP contribution in [0.5, 0.6) is 0 Å². The van der Waals surface area contributed by atoms with Crippen LogP contribution in [0.2, 0.25) is 0 Å². The summed E-state index contributed by atoms with van der Waals surface area (Å²) < 4.78 is 39.8. The Bertz CT molecular complexity index is 1200. The van der Waals surface area contributed by atoms with E-state index in [9.17, 15) is 12.8 Å². The molecular weight excluding hydrogens is 431 g/mol. The summed E-state index contributed by atoms with van der Waals surface area (Å²) in [5, 5.41) is 2.55. The number of anilines is 1. The van der Waals surface area contributed by atoms with Crippen LogP contribution in [0, 0.1) is 26.6 Å². The standard InChI is InChI=1S/C24H27FN2O2S2/c1-16-4-5-17(2)19(12-16)13-21-15-30-24(26-21)27-10-8-22(9-11-27)31(28,29)23-14-20(25)7-6-18(23)3/h4-7,12,14-15,22H,8-11,13H2,1-3H3. The molecule has 0 spiro atoms. The van der Waals surface area contributed by atoms with Gasteiger partial charge in [0.15, 0.2) is 15.0 Å². The molecule has 1 fully saturated rings. The number of benzene rings is 2.